The van der Waals surface area contributed by atoms with E-state index in [2.05, 4.69) is 0 Å². The molecule has 0 saturated heterocycles. The maximum atomic E-state index is 9.50. The van der Waals surface area contributed by atoms with E-state index in [-0.39, 0.29) is 5.75 Å². The molecular weight excluding hydrogens is 192 g/mol. The van der Waals surface area contributed by atoms with Crippen molar-refractivity contribution < 1.29 is 5.11 Å². The van der Waals surface area contributed by atoms with Gasteiger partial charge in [0, 0.05) is 10.1 Å². The second kappa shape index (κ2) is 2.64. The summed E-state index contributed by atoms with van der Waals surface area (Å²) in [4.78, 5) is 0. The highest BCUT2D eigenvalue weighted by atomic mass is 35.5. The molecule has 0 atom stereocenters. The molecule has 0 aliphatic rings. The third-order valence-electron chi connectivity index (χ3n) is 1.86. The first-order valence-corrected chi connectivity index (χ1v) is 4.81. The van der Waals surface area contributed by atoms with Gasteiger partial charge in [-0.05, 0) is 30.0 Å². The van der Waals surface area contributed by atoms with E-state index < -0.39 is 0 Å². The van der Waals surface area contributed by atoms with E-state index in [0.29, 0.717) is 5.02 Å². The third-order valence-corrected chi connectivity index (χ3v) is 3.11. The molecule has 0 amide bonds. The van der Waals surface area contributed by atoms with Crippen LogP contribution in [0.1, 0.15) is 5.56 Å². The summed E-state index contributed by atoms with van der Waals surface area (Å²) in [7, 11) is 0. The lowest BCUT2D eigenvalue weighted by Crippen LogP contribution is -1.75. The van der Waals surface area contributed by atoms with Gasteiger partial charge in [0.25, 0.3) is 0 Å². The molecule has 1 heterocycles. The minimum atomic E-state index is 0.197. The van der Waals surface area contributed by atoms with Crippen LogP contribution in [-0.2, 0) is 0 Å². The summed E-state index contributed by atoms with van der Waals surface area (Å²) in [6.07, 6.45) is 0. The number of aromatic hydroxyl groups is 1. The number of phenolic OH excluding ortho intramolecular Hbond substituents is 1. The van der Waals surface area contributed by atoms with Crippen LogP contribution in [0.5, 0.6) is 5.75 Å². The highest BCUT2D eigenvalue weighted by Gasteiger charge is 2.07. The molecule has 0 aliphatic carbocycles. The number of thiophene rings is 1. The number of aryl methyl sites for hydroxylation is 1. The molecule has 0 fully saturated rings. The number of halogens is 1. The quantitative estimate of drug-likeness (QED) is 0.686. The van der Waals surface area contributed by atoms with Gasteiger partial charge in [0.2, 0.25) is 0 Å². The fourth-order valence-corrected chi connectivity index (χ4v) is 2.44. The van der Waals surface area contributed by atoms with Crippen molar-refractivity contribution in [1.82, 2.24) is 0 Å². The van der Waals surface area contributed by atoms with Crippen molar-refractivity contribution in [2.75, 3.05) is 0 Å². The number of rotatable bonds is 0. The lowest BCUT2D eigenvalue weighted by molar-refractivity contribution is 0.472. The third kappa shape index (κ3) is 0.993. The van der Waals surface area contributed by atoms with Crippen molar-refractivity contribution in [2.45, 2.75) is 6.92 Å². The molecule has 2 aromatic rings. The van der Waals surface area contributed by atoms with Crippen LogP contribution in [0.2, 0.25) is 5.02 Å². The van der Waals surface area contributed by atoms with Gasteiger partial charge in [0.05, 0.1) is 5.02 Å². The Labute approximate surface area is 79.2 Å². The van der Waals surface area contributed by atoms with Crippen molar-refractivity contribution >= 4 is 33.0 Å². The van der Waals surface area contributed by atoms with Gasteiger partial charge >= 0.3 is 0 Å². The van der Waals surface area contributed by atoms with Crippen molar-refractivity contribution in [1.29, 1.82) is 0 Å². The van der Waals surface area contributed by atoms with Crippen LogP contribution in [-0.4, -0.2) is 5.11 Å². The normalized spacial score (nSPS) is 10.8. The molecule has 0 spiro atoms. The molecule has 0 unspecified atom stereocenters. The minimum Gasteiger partial charge on any atom is -0.506 e. The fourth-order valence-electron chi connectivity index (χ4n) is 1.18. The summed E-state index contributed by atoms with van der Waals surface area (Å²) in [6.45, 7) is 1.85. The van der Waals surface area contributed by atoms with E-state index in [4.69, 9.17) is 11.6 Å². The molecule has 1 aromatic heterocycles. The molecule has 1 N–H and O–H groups in total. The molecule has 0 aliphatic heterocycles. The zero-order valence-corrected chi connectivity index (χ0v) is 8.04. The minimum absolute atomic E-state index is 0.197. The van der Waals surface area contributed by atoms with Crippen molar-refractivity contribution in [2.24, 2.45) is 0 Å². The van der Waals surface area contributed by atoms with Gasteiger partial charge < -0.3 is 5.11 Å². The Kier molecular flexibility index (Phi) is 1.74. The van der Waals surface area contributed by atoms with Crippen LogP contribution in [0.25, 0.3) is 10.1 Å². The first-order valence-electron chi connectivity index (χ1n) is 3.55. The van der Waals surface area contributed by atoms with Crippen molar-refractivity contribution in [3.63, 3.8) is 0 Å². The first kappa shape index (κ1) is 7.90. The van der Waals surface area contributed by atoms with Gasteiger partial charge in [0.15, 0.2) is 0 Å². The fraction of sp³-hybridized carbons (Fsp3) is 0.111. The highest BCUT2D eigenvalue weighted by molar-refractivity contribution is 7.17. The topological polar surface area (TPSA) is 20.2 Å². The molecule has 1 nitrogen and oxygen atoms in total. The summed E-state index contributed by atoms with van der Waals surface area (Å²) in [5, 5.41) is 12.9. The molecular formula is C9H7ClOS. The summed E-state index contributed by atoms with van der Waals surface area (Å²) in [5.41, 5.74) is 0.829. The van der Waals surface area contributed by atoms with E-state index in [9.17, 15) is 5.11 Å². The summed E-state index contributed by atoms with van der Waals surface area (Å²) < 4.78 is 1.12. The molecule has 0 saturated carbocycles. The Morgan fingerprint density at radius 2 is 2.25 bits per heavy atom. The number of benzene rings is 1. The second-order valence-corrected chi connectivity index (χ2v) is 4.01. The second-order valence-electron chi connectivity index (χ2n) is 2.69. The summed E-state index contributed by atoms with van der Waals surface area (Å²) in [5.74, 6) is 0.197. The van der Waals surface area contributed by atoms with Gasteiger partial charge in [-0.2, -0.15) is 0 Å². The van der Waals surface area contributed by atoms with Gasteiger partial charge in [0.1, 0.15) is 5.75 Å². The van der Waals surface area contributed by atoms with Crippen LogP contribution in [0.4, 0.5) is 0 Å². The van der Waals surface area contributed by atoms with E-state index in [0.717, 1.165) is 15.6 Å². The van der Waals surface area contributed by atoms with Crippen LogP contribution in [0.3, 0.4) is 0 Å². The molecule has 2 rings (SSSR count). The largest absolute Gasteiger partial charge is 0.506 e. The van der Waals surface area contributed by atoms with Crippen molar-refractivity contribution in [3.8, 4) is 5.75 Å². The lowest BCUT2D eigenvalue weighted by atomic mass is 10.2. The predicted molar refractivity (Wildman–Crippen MR) is 53.2 cm³/mol. The van der Waals surface area contributed by atoms with Crippen LogP contribution in [0.15, 0.2) is 17.5 Å². The standard InChI is InChI=1S/C9H7ClOS/c1-5-4-7-6(2-3-12-7)8(10)9(5)11/h2-4,11H,1H3. The Balaban J connectivity index is 2.94. The Bertz CT molecular complexity index is 433. The number of phenols is 1. The van der Waals surface area contributed by atoms with Crippen LogP contribution >= 0.6 is 22.9 Å². The van der Waals surface area contributed by atoms with Crippen LogP contribution in [0, 0.1) is 6.92 Å². The lowest BCUT2D eigenvalue weighted by Gasteiger charge is -2.01. The molecule has 3 heteroatoms. The van der Waals surface area contributed by atoms with Gasteiger partial charge in [-0.1, -0.05) is 11.6 Å². The van der Waals surface area contributed by atoms with Gasteiger partial charge in [-0.15, -0.1) is 11.3 Å². The van der Waals surface area contributed by atoms with Crippen LogP contribution < -0.4 is 0 Å². The summed E-state index contributed by atoms with van der Waals surface area (Å²) in [6, 6.07) is 3.86. The first-order chi connectivity index (χ1) is 5.70. The van der Waals surface area contributed by atoms with Gasteiger partial charge in [-0.3, -0.25) is 0 Å². The van der Waals surface area contributed by atoms with E-state index >= 15 is 0 Å². The maximum Gasteiger partial charge on any atom is 0.137 e. The van der Waals surface area contributed by atoms with Crippen molar-refractivity contribution in [3.05, 3.63) is 28.1 Å². The van der Waals surface area contributed by atoms with E-state index in [1.54, 1.807) is 11.3 Å². The highest BCUT2D eigenvalue weighted by Crippen LogP contribution is 2.37. The monoisotopic (exact) mass is 198 g/mol. The predicted octanol–water partition coefficient (Wildman–Crippen LogP) is 3.57. The van der Waals surface area contributed by atoms with E-state index in [1.165, 1.54) is 0 Å². The Morgan fingerprint density at radius 3 is 3.00 bits per heavy atom. The zero-order valence-electron chi connectivity index (χ0n) is 6.47. The SMILES string of the molecule is Cc1cc2sccc2c(Cl)c1O. The smallest absolute Gasteiger partial charge is 0.137 e. The molecule has 0 bridgehead atoms. The maximum absolute atomic E-state index is 9.50. The average Bonchev–Trinajstić information content (AvgIpc) is 2.48. The zero-order chi connectivity index (χ0) is 8.72. The van der Waals surface area contributed by atoms with Gasteiger partial charge in [-0.25, -0.2) is 0 Å². The number of fused-ring (bicyclic) bond motifs is 1. The molecule has 62 valence electrons. The molecule has 0 radical (unpaired) electrons. The number of hydrogen-bond donors (Lipinski definition) is 1. The average molecular weight is 199 g/mol. The molecule has 1 aromatic carbocycles. The Morgan fingerprint density at radius 1 is 1.50 bits per heavy atom. The summed E-state index contributed by atoms with van der Waals surface area (Å²) >= 11 is 7.56. The number of hydrogen-bond acceptors (Lipinski definition) is 2. The Hall–Kier alpha value is -0.730. The van der Waals surface area contributed by atoms with E-state index in [1.807, 2.05) is 24.4 Å². The molecule has 12 heavy (non-hydrogen) atoms.